The van der Waals surface area contributed by atoms with Crippen molar-refractivity contribution >= 4 is 27.5 Å². The van der Waals surface area contributed by atoms with Crippen LogP contribution in [0.15, 0.2) is 22.7 Å². The Morgan fingerprint density at radius 3 is 2.77 bits per heavy atom. The second kappa shape index (κ2) is 4.94. The Hall–Kier alpha value is -0.120. The van der Waals surface area contributed by atoms with Crippen molar-refractivity contribution in [2.75, 3.05) is 6.54 Å². The highest BCUT2D eigenvalue weighted by Gasteiger charge is 2.12. The van der Waals surface area contributed by atoms with E-state index in [1.54, 1.807) is 18.2 Å². The first kappa shape index (κ1) is 11.0. The molecule has 0 saturated carbocycles. The Kier molecular flexibility index (Phi) is 4.16. The van der Waals surface area contributed by atoms with Gasteiger partial charge >= 0.3 is 0 Å². The molecule has 0 aliphatic rings. The van der Waals surface area contributed by atoms with Crippen LogP contribution in [-0.2, 0) is 0 Å². The smallest absolute Gasteiger partial charge is 0.127 e. The Morgan fingerprint density at radius 2 is 2.23 bits per heavy atom. The van der Waals surface area contributed by atoms with Crippen LogP contribution >= 0.6 is 27.5 Å². The second-order valence-electron chi connectivity index (χ2n) is 2.71. The maximum Gasteiger partial charge on any atom is 0.127 e. The molecule has 0 bridgehead atoms. The van der Waals surface area contributed by atoms with E-state index < -0.39 is 6.17 Å². The van der Waals surface area contributed by atoms with Crippen molar-refractivity contribution < 1.29 is 4.39 Å². The molecule has 1 nitrogen and oxygen atoms in total. The summed E-state index contributed by atoms with van der Waals surface area (Å²) < 4.78 is 14.1. The van der Waals surface area contributed by atoms with Gasteiger partial charge < -0.3 is 5.73 Å². The fourth-order valence-corrected chi connectivity index (χ4v) is 1.99. The third kappa shape index (κ3) is 2.93. The van der Waals surface area contributed by atoms with Gasteiger partial charge in [0.2, 0.25) is 0 Å². The molecule has 0 saturated heterocycles. The molecule has 1 atom stereocenters. The van der Waals surface area contributed by atoms with E-state index in [2.05, 4.69) is 15.9 Å². The van der Waals surface area contributed by atoms with E-state index in [1.165, 1.54) is 0 Å². The zero-order valence-corrected chi connectivity index (χ0v) is 9.28. The molecule has 1 unspecified atom stereocenters. The molecule has 0 aliphatic heterocycles. The summed E-state index contributed by atoms with van der Waals surface area (Å²) in [5.41, 5.74) is 5.87. The lowest BCUT2D eigenvalue weighted by molar-refractivity contribution is 0.326. The van der Waals surface area contributed by atoms with Crippen molar-refractivity contribution in [2.45, 2.75) is 12.6 Å². The lowest BCUT2D eigenvalue weighted by atomic mass is 10.1. The molecule has 1 rings (SSSR count). The van der Waals surface area contributed by atoms with Gasteiger partial charge in [-0.1, -0.05) is 33.6 Å². The molecule has 0 heterocycles. The van der Waals surface area contributed by atoms with Crippen molar-refractivity contribution in [2.24, 2.45) is 5.73 Å². The normalized spacial score (nSPS) is 12.9. The summed E-state index contributed by atoms with van der Waals surface area (Å²) in [6.45, 7) is 0.343. The summed E-state index contributed by atoms with van der Waals surface area (Å²) in [6, 6.07) is 5.03. The van der Waals surface area contributed by atoms with Gasteiger partial charge in [0.25, 0.3) is 0 Å². The lowest BCUT2D eigenvalue weighted by Gasteiger charge is -2.09. The first-order valence-corrected chi connectivity index (χ1v) is 5.11. The molecule has 72 valence electrons. The van der Waals surface area contributed by atoms with Crippen LogP contribution in [0.2, 0.25) is 5.02 Å². The maximum atomic E-state index is 13.4. The molecule has 4 heteroatoms. The fraction of sp³-hybridized carbons (Fsp3) is 0.333. The van der Waals surface area contributed by atoms with Crippen LogP contribution in [0.1, 0.15) is 18.2 Å². The first-order chi connectivity index (χ1) is 6.15. The summed E-state index contributed by atoms with van der Waals surface area (Å²) in [6.07, 6.45) is -0.683. The Balaban J connectivity index is 2.88. The van der Waals surface area contributed by atoms with Gasteiger partial charge in [-0.05, 0) is 25.1 Å². The van der Waals surface area contributed by atoms with Crippen LogP contribution in [0, 0.1) is 0 Å². The van der Waals surface area contributed by atoms with Gasteiger partial charge in [0.05, 0.1) is 0 Å². The lowest BCUT2D eigenvalue weighted by Crippen LogP contribution is -2.04. The number of halogens is 3. The van der Waals surface area contributed by atoms with Crippen LogP contribution in [0.3, 0.4) is 0 Å². The Bertz CT molecular complexity index is 293. The molecule has 1 aromatic carbocycles. The molecular weight excluding hydrogens is 256 g/mol. The molecule has 0 fully saturated rings. The fourth-order valence-electron chi connectivity index (χ4n) is 1.06. The molecule has 0 radical (unpaired) electrons. The number of benzene rings is 1. The zero-order chi connectivity index (χ0) is 9.84. The second-order valence-corrected chi connectivity index (χ2v) is 4.00. The van der Waals surface area contributed by atoms with E-state index >= 15 is 0 Å². The highest BCUT2D eigenvalue weighted by atomic mass is 79.9. The molecule has 2 N–H and O–H groups in total. The summed E-state index contributed by atoms with van der Waals surface area (Å²) >= 11 is 8.97. The van der Waals surface area contributed by atoms with Crippen LogP contribution in [-0.4, -0.2) is 6.54 Å². The van der Waals surface area contributed by atoms with Crippen LogP contribution < -0.4 is 5.73 Å². The van der Waals surface area contributed by atoms with Gasteiger partial charge in [-0.25, -0.2) is 4.39 Å². The van der Waals surface area contributed by atoms with Crippen LogP contribution in [0.4, 0.5) is 4.39 Å². The summed E-state index contributed by atoms with van der Waals surface area (Å²) in [5.74, 6) is 0. The van der Waals surface area contributed by atoms with E-state index in [0.29, 0.717) is 28.0 Å². The number of rotatable bonds is 3. The molecule has 0 aromatic heterocycles. The topological polar surface area (TPSA) is 26.0 Å². The van der Waals surface area contributed by atoms with E-state index in [4.69, 9.17) is 17.3 Å². The summed E-state index contributed by atoms with van der Waals surface area (Å²) in [7, 11) is 0. The van der Waals surface area contributed by atoms with Gasteiger partial charge in [0.1, 0.15) is 6.17 Å². The number of hydrogen-bond donors (Lipinski definition) is 1. The summed E-state index contributed by atoms with van der Waals surface area (Å²) in [5, 5.41) is 0.593. The molecule has 0 amide bonds. The first-order valence-electron chi connectivity index (χ1n) is 3.94. The SMILES string of the molecule is NCCC(F)c1ccc(Cl)cc1Br. The molecule has 0 aliphatic carbocycles. The average molecular weight is 267 g/mol. The van der Waals surface area contributed by atoms with Gasteiger partial charge in [-0.15, -0.1) is 0 Å². The van der Waals surface area contributed by atoms with Crippen molar-refractivity contribution in [1.82, 2.24) is 0 Å². The highest BCUT2D eigenvalue weighted by Crippen LogP contribution is 2.30. The largest absolute Gasteiger partial charge is 0.330 e. The van der Waals surface area contributed by atoms with Crippen molar-refractivity contribution in [3.63, 3.8) is 0 Å². The Morgan fingerprint density at radius 1 is 1.54 bits per heavy atom. The number of nitrogens with two attached hydrogens (primary N) is 1. The monoisotopic (exact) mass is 265 g/mol. The van der Waals surface area contributed by atoms with Gasteiger partial charge in [0, 0.05) is 15.1 Å². The summed E-state index contributed by atoms with van der Waals surface area (Å²) in [4.78, 5) is 0. The van der Waals surface area contributed by atoms with E-state index in [1.807, 2.05) is 0 Å². The van der Waals surface area contributed by atoms with Gasteiger partial charge in [-0.2, -0.15) is 0 Å². The minimum Gasteiger partial charge on any atom is -0.330 e. The average Bonchev–Trinajstić information content (AvgIpc) is 2.04. The van der Waals surface area contributed by atoms with Gasteiger partial charge in [0.15, 0.2) is 0 Å². The molecule has 13 heavy (non-hydrogen) atoms. The van der Waals surface area contributed by atoms with Crippen LogP contribution in [0.25, 0.3) is 0 Å². The predicted octanol–water partition coefficient (Wildman–Crippen LogP) is 3.46. The Labute approximate surface area is 90.2 Å². The van der Waals surface area contributed by atoms with E-state index in [9.17, 15) is 4.39 Å². The number of hydrogen-bond acceptors (Lipinski definition) is 1. The zero-order valence-electron chi connectivity index (χ0n) is 6.93. The van der Waals surface area contributed by atoms with Crippen molar-refractivity contribution in [3.05, 3.63) is 33.3 Å². The minimum absolute atomic E-state index is 0.334. The highest BCUT2D eigenvalue weighted by molar-refractivity contribution is 9.10. The van der Waals surface area contributed by atoms with Crippen molar-refractivity contribution in [1.29, 1.82) is 0 Å². The van der Waals surface area contributed by atoms with Crippen molar-refractivity contribution in [3.8, 4) is 0 Å². The third-order valence-corrected chi connectivity index (χ3v) is 2.64. The van der Waals surface area contributed by atoms with E-state index in [0.717, 1.165) is 0 Å². The maximum absolute atomic E-state index is 13.4. The third-order valence-electron chi connectivity index (χ3n) is 1.72. The molecule has 1 aromatic rings. The minimum atomic E-state index is -1.02. The predicted molar refractivity (Wildman–Crippen MR) is 56.7 cm³/mol. The molecule has 0 spiro atoms. The molecular formula is C9H10BrClFN. The van der Waals surface area contributed by atoms with E-state index in [-0.39, 0.29) is 0 Å². The van der Waals surface area contributed by atoms with Gasteiger partial charge in [-0.3, -0.25) is 0 Å². The standard InChI is InChI=1S/C9H10BrClFN/c10-8-5-6(11)1-2-7(8)9(12)3-4-13/h1-2,5,9H,3-4,13H2. The quantitative estimate of drug-likeness (QED) is 0.891. The van der Waals surface area contributed by atoms with Crippen LogP contribution in [0.5, 0.6) is 0 Å². The number of alkyl halides is 1.